The van der Waals surface area contributed by atoms with Gasteiger partial charge in [0.05, 0.1) is 0 Å². The van der Waals surface area contributed by atoms with Gasteiger partial charge >= 0.3 is 6.03 Å². The van der Waals surface area contributed by atoms with E-state index >= 15 is 0 Å². The Hall–Kier alpha value is -2.33. The minimum atomic E-state index is 0.0393. The Morgan fingerprint density at radius 3 is 2.64 bits per heavy atom. The second-order valence-corrected chi connectivity index (χ2v) is 8.19. The molecule has 1 N–H and O–H groups in total. The molecule has 0 saturated carbocycles. The molecule has 1 saturated heterocycles. The highest BCUT2D eigenvalue weighted by atomic mass is 16.2. The molecule has 0 aliphatic carbocycles. The summed E-state index contributed by atoms with van der Waals surface area (Å²) in [7, 11) is 2.20. The predicted molar refractivity (Wildman–Crippen MR) is 115 cm³/mol. The molecule has 0 radical (unpaired) electrons. The molecular weight excluding hydrogens is 346 g/mol. The van der Waals surface area contributed by atoms with Crippen molar-refractivity contribution in [3.8, 4) is 0 Å². The van der Waals surface area contributed by atoms with Crippen LogP contribution in [0.2, 0.25) is 0 Å². The fraction of sp³-hybridized carbons (Fsp3) is 0.458. The number of benzene rings is 2. The molecule has 2 aromatic carbocycles. The van der Waals surface area contributed by atoms with Crippen LogP contribution in [0.1, 0.15) is 41.9 Å². The van der Waals surface area contributed by atoms with Crippen molar-refractivity contribution >= 4 is 11.7 Å². The highest BCUT2D eigenvalue weighted by molar-refractivity contribution is 5.93. The molecule has 0 unspecified atom stereocenters. The Balaban J connectivity index is 1.43. The summed E-state index contributed by atoms with van der Waals surface area (Å²) >= 11 is 0. The van der Waals surface area contributed by atoms with E-state index in [0.717, 1.165) is 44.6 Å². The van der Waals surface area contributed by atoms with Gasteiger partial charge in [0.25, 0.3) is 0 Å². The molecule has 2 aliphatic heterocycles. The van der Waals surface area contributed by atoms with Crippen LogP contribution in [-0.2, 0) is 12.8 Å². The van der Waals surface area contributed by atoms with Crippen LogP contribution in [-0.4, -0.2) is 44.2 Å². The largest absolute Gasteiger partial charge is 0.337 e. The van der Waals surface area contributed by atoms with Gasteiger partial charge in [0, 0.05) is 18.8 Å². The minimum absolute atomic E-state index is 0.0393. The summed E-state index contributed by atoms with van der Waals surface area (Å²) in [5.74, 6) is 0.617. The fourth-order valence-corrected chi connectivity index (χ4v) is 4.45. The minimum Gasteiger partial charge on any atom is -0.337 e. The fourth-order valence-electron chi connectivity index (χ4n) is 4.45. The van der Waals surface area contributed by atoms with Gasteiger partial charge in [-0.05, 0) is 80.9 Å². The lowest BCUT2D eigenvalue weighted by Crippen LogP contribution is -2.43. The second kappa shape index (κ2) is 8.78. The van der Waals surface area contributed by atoms with E-state index in [4.69, 9.17) is 0 Å². The first-order valence-corrected chi connectivity index (χ1v) is 10.6. The number of aryl methyl sites for hydroxylation is 1. The smallest absolute Gasteiger partial charge is 0.321 e. The standard InChI is InChI=1S/C24H31N3O/c1-26-16-12-20(13-17-26)22-10-9-21-8-5-15-27(23(21)18-22)24(28)25-14-11-19-6-3-2-4-7-19/h2-4,6-7,9-10,18,20H,5,8,11-17H2,1H3,(H,25,28). The van der Waals surface area contributed by atoms with Crippen molar-refractivity contribution in [3.63, 3.8) is 0 Å². The van der Waals surface area contributed by atoms with E-state index in [1.54, 1.807) is 0 Å². The van der Waals surface area contributed by atoms with E-state index in [2.05, 4.69) is 47.6 Å². The lowest BCUT2D eigenvalue weighted by atomic mass is 9.87. The van der Waals surface area contributed by atoms with Gasteiger partial charge in [-0.25, -0.2) is 4.79 Å². The Morgan fingerprint density at radius 1 is 1.07 bits per heavy atom. The highest BCUT2D eigenvalue weighted by Crippen LogP contribution is 2.34. The number of fused-ring (bicyclic) bond motifs is 1. The third-order valence-corrected chi connectivity index (χ3v) is 6.20. The maximum absolute atomic E-state index is 12.9. The summed E-state index contributed by atoms with van der Waals surface area (Å²) in [6, 6.07) is 17.2. The van der Waals surface area contributed by atoms with E-state index in [9.17, 15) is 4.79 Å². The van der Waals surface area contributed by atoms with E-state index in [1.807, 2.05) is 23.1 Å². The third-order valence-electron chi connectivity index (χ3n) is 6.20. The molecule has 148 valence electrons. The molecule has 0 spiro atoms. The van der Waals surface area contributed by atoms with Crippen molar-refractivity contribution < 1.29 is 4.79 Å². The third kappa shape index (κ3) is 4.39. The Kier molecular flexibility index (Phi) is 5.96. The number of hydrogen-bond donors (Lipinski definition) is 1. The lowest BCUT2D eigenvalue weighted by Gasteiger charge is -2.33. The summed E-state index contributed by atoms with van der Waals surface area (Å²) < 4.78 is 0. The average Bonchev–Trinajstić information content (AvgIpc) is 2.74. The molecule has 0 bridgehead atoms. The zero-order chi connectivity index (χ0) is 19.3. The average molecular weight is 378 g/mol. The van der Waals surface area contributed by atoms with Gasteiger partial charge in [0.2, 0.25) is 0 Å². The van der Waals surface area contributed by atoms with Crippen molar-refractivity contribution in [2.45, 2.75) is 38.0 Å². The maximum Gasteiger partial charge on any atom is 0.321 e. The number of urea groups is 1. The van der Waals surface area contributed by atoms with Gasteiger partial charge in [-0.2, -0.15) is 0 Å². The number of piperidine rings is 1. The van der Waals surface area contributed by atoms with Crippen molar-refractivity contribution in [3.05, 3.63) is 65.2 Å². The summed E-state index contributed by atoms with van der Waals surface area (Å²) in [5.41, 5.74) is 5.09. The van der Waals surface area contributed by atoms with Gasteiger partial charge in [-0.15, -0.1) is 0 Å². The molecular formula is C24H31N3O. The van der Waals surface area contributed by atoms with E-state index < -0.39 is 0 Å². The molecule has 4 heteroatoms. The monoisotopic (exact) mass is 377 g/mol. The SMILES string of the molecule is CN1CCC(c2ccc3c(c2)N(C(=O)NCCc2ccccc2)CCC3)CC1. The number of amides is 2. The first-order valence-electron chi connectivity index (χ1n) is 10.6. The molecule has 0 atom stereocenters. The number of carbonyl (C=O) groups excluding carboxylic acids is 1. The second-order valence-electron chi connectivity index (χ2n) is 8.19. The van der Waals surface area contributed by atoms with E-state index in [1.165, 1.54) is 29.5 Å². The summed E-state index contributed by atoms with van der Waals surface area (Å²) in [6.45, 7) is 3.79. The number of likely N-dealkylation sites (tertiary alicyclic amines) is 1. The molecule has 4 nitrogen and oxygen atoms in total. The van der Waals surface area contributed by atoms with Crippen LogP contribution in [0, 0.1) is 0 Å². The van der Waals surface area contributed by atoms with E-state index in [-0.39, 0.29) is 6.03 Å². The molecule has 0 aromatic heterocycles. The van der Waals surface area contributed by atoms with Crippen molar-refractivity contribution in [2.75, 3.05) is 38.1 Å². The molecule has 1 fully saturated rings. The van der Waals surface area contributed by atoms with Gasteiger partial charge in [-0.3, -0.25) is 4.90 Å². The quantitative estimate of drug-likeness (QED) is 0.867. The molecule has 4 rings (SSSR count). The highest BCUT2D eigenvalue weighted by Gasteiger charge is 2.25. The first kappa shape index (κ1) is 19.0. The van der Waals surface area contributed by atoms with Crippen LogP contribution >= 0.6 is 0 Å². The van der Waals surface area contributed by atoms with Crippen LogP contribution < -0.4 is 10.2 Å². The van der Waals surface area contributed by atoms with Crippen LogP contribution in [0.5, 0.6) is 0 Å². The maximum atomic E-state index is 12.9. The van der Waals surface area contributed by atoms with Crippen LogP contribution in [0.25, 0.3) is 0 Å². The number of nitrogens with one attached hydrogen (secondary N) is 1. The van der Waals surface area contributed by atoms with Crippen molar-refractivity contribution in [2.24, 2.45) is 0 Å². The summed E-state index contributed by atoms with van der Waals surface area (Å²) in [6.07, 6.45) is 5.38. The topological polar surface area (TPSA) is 35.6 Å². The van der Waals surface area contributed by atoms with Crippen LogP contribution in [0.4, 0.5) is 10.5 Å². The van der Waals surface area contributed by atoms with E-state index in [0.29, 0.717) is 12.5 Å². The molecule has 2 heterocycles. The molecule has 28 heavy (non-hydrogen) atoms. The predicted octanol–water partition coefficient (Wildman–Crippen LogP) is 4.20. The van der Waals surface area contributed by atoms with Gasteiger partial charge in [0.1, 0.15) is 0 Å². The number of hydrogen-bond acceptors (Lipinski definition) is 2. The van der Waals surface area contributed by atoms with Crippen LogP contribution in [0.3, 0.4) is 0 Å². The number of nitrogens with zero attached hydrogens (tertiary/aromatic N) is 2. The number of anilines is 1. The Bertz CT molecular complexity index is 797. The number of rotatable bonds is 4. The summed E-state index contributed by atoms with van der Waals surface area (Å²) in [4.78, 5) is 17.3. The van der Waals surface area contributed by atoms with Crippen molar-refractivity contribution in [1.82, 2.24) is 10.2 Å². The molecule has 2 aromatic rings. The van der Waals surface area contributed by atoms with Crippen molar-refractivity contribution in [1.29, 1.82) is 0 Å². The lowest BCUT2D eigenvalue weighted by molar-refractivity contribution is 0.246. The van der Waals surface area contributed by atoms with Gasteiger partial charge in [-0.1, -0.05) is 42.5 Å². The normalized spacial score (nSPS) is 18.0. The molecule has 2 amide bonds. The zero-order valence-corrected chi connectivity index (χ0v) is 16.9. The Morgan fingerprint density at radius 2 is 1.86 bits per heavy atom. The molecule has 2 aliphatic rings. The number of carbonyl (C=O) groups is 1. The van der Waals surface area contributed by atoms with Crippen LogP contribution in [0.15, 0.2) is 48.5 Å². The zero-order valence-electron chi connectivity index (χ0n) is 16.9. The van der Waals surface area contributed by atoms with Gasteiger partial charge in [0.15, 0.2) is 0 Å². The summed E-state index contributed by atoms with van der Waals surface area (Å²) in [5, 5.41) is 3.13. The Labute approximate surface area is 168 Å². The van der Waals surface area contributed by atoms with Gasteiger partial charge < -0.3 is 10.2 Å². The first-order chi connectivity index (χ1) is 13.7.